The third-order valence-electron chi connectivity index (χ3n) is 2.50. The average molecular weight is 314 g/mol. The first-order valence-corrected chi connectivity index (χ1v) is 5.72. The van der Waals surface area contributed by atoms with Crippen molar-refractivity contribution in [3.05, 3.63) is 70.8 Å². The van der Waals surface area contributed by atoms with Crippen molar-refractivity contribution in [1.29, 1.82) is 0 Å². The van der Waals surface area contributed by atoms with Gasteiger partial charge in [-0.3, -0.25) is 0 Å². The highest BCUT2D eigenvalue weighted by atomic mass is 19.1. The van der Waals surface area contributed by atoms with Crippen molar-refractivity contribution >= 4 is 11.9 Å². The van der Waals surface area contributed by atoms with Gasteiger partial charge in [0.25, 0.3) is 0 Å². The van der Waals surface area contributed by atoms with Crippen LogP contribution in [0.2, 0.25) is 0 Å². The Morgan fingerprint density at radius 3 is 1.36 bits per heavy atom. The number of rotatable bonds is 2. The van der Waals surface area contributed by atoms with Gasteiger partial charge in [-0.2, -0.15) is 0 Å². The van der Waals surface area contributed by atoms with E-state index in [9.17, 15) is 27.2 Å². The fraction of sp³-hybridized carbons (Fsp3) is 0. The van der Waals surface area contributed by atoms with Crippen molar-refractivity contribution in [2.45, 2.75) is 0 Å². The van der Waals surface area contributed by atoms with Crippen LogP contribution in [-0.2, 0) is 9.78 Å². The lowest BCUT2D eigenvalue weighted by Crippen LogP contribution is -2.14. The van der Waals surface area contributed by atoms with Gasteiger partial charge in [0.15, 0.2) is 0 Å². The zero-order valence-corrected chi connectivity index (χ0v) is 10.6. The van der Waals surface area contributed by atoms with Crippen LogP contribution < -0.4 is 0 Å². The third-order valence-corrected chi connectivity index (χ3v) is 2.50. The Balaban J connectivity index is 2.06. The standard InChI is InChI=1S/C14H6F4O4/c15-7-1-3-9(11(17)5-7)13(19)21-22-14(20)10-4-2-8(16)6-12(10)18/h1-6H. The van der Waals surface area contributed by atoms with Gasteiger partial charge < -0.3 is 0 Å². The summed E-state index contributed by atoms with van der Waals surface area (Å²) in [4.78, 5) is 30.9. The van der Waals surface area contributed by atoms with Crippen molar-refractivity contribution in [3.8, 4) is 0 Å². The Labute approximate surface area is 120 Å². The summed E-state index contributed by atoms with van der Waals surface area (Å²) in [5.74, 6) is -7.14. The van der Waals surface area contributed by atoms with Crippen LogP contribution in [0.15, 0.2) is 36.4 Å². The Bertz CT molecular complexity index is 682. The summed E-state index contributed by atoms with van der Waals surface area (Å²) < 4.78 is 51.9. The van der Waals surface area contributed by atoms with E-state index in [1.54, 1.807) is 0 Å². The third kappa shape index (κ3) is 3.40. The van der Waals surface area contributed by atoms with Crippen LogP contribution in [-0.4, -0.2) is 11.9 Å². The zero-order valence-electron chi connectivity index (χ0n) is 10.6. The number of hydrogen-bond acceptors (Lipinski definition) is 4. The van der Waals surface area contributed by atoms with Gasteiger partial charge in [-0.25, -0.2) is 36.9 Å². The molecule has 8 heteroatoms. The Kier molecular flexibility index (Phi) is 4.40. The van der Waals surface area contributed by atoms with Crippen LogP contribution in [0.25, 0.3) is 0 Å². The quantitative estimate of drug-likeness (QED) is 0.485. The van der Waals surface area contributed by atoms with Gasteiger partial charge in [-0.1, -0.05) is 0 Å². The van der Waals surface area contributed by atoms with Crippen molar-refractivity contribution in [3.63, 3.8) is 0 Å². The molecule has 2 rings (SSSR count). The molecule has 0 aliphatic carbocycles. The van der Waals surface area contributed by atoms with E-state index in [4.69, 9.17) is 0 Å². The van der Waals surface area contributed by atoms with Gasteiger partial charge in [0.2, 0.25) is 0 Å². The molecule has 4 nitrogen and oxygen atoms in total. The first-order chi connectivity index (χ1) is 10.4. The van der Waals surface area contributed by atoms with Gasteiger partial charge in [0.1, 0.15) is 23.3 Å². The molecular formula is C14H6F4O4. The van der Waals surface area contributed by atoms with E-state index < -0.39 is 46.3 Å². The molecule has 0 radical (unpaired) electrons. The molecule has 0 aliphatic rings. The Hall–Kier alpha value is -2.90. The van der Waals surface area contributed by atoms with E-state index in [1.165, 1.54) is 0 Å². The first kappa shape index (κ1) is 15.5. The predicted octanol–water partition coefficient (Wildman–Crippen LogP) is 3.17. The van der Waals surface area contributed by atoms with Crippen LogP contribution in [0.4, 0.5) is 17.6 Å². The molecule has 0 aromatic heterocycles. The summed E-state index contributed by atoms with van der Waals surface area (Å²) in [6, 6.07) is 4.00. The summed E-state index contributed by atoms with van der Waals surface area (Å²) in [6.45, 7) is 0. The molecule has 0 spiro atoms. The molecule has 22 heavy (non-hydrogen) atoms. The van der Waals surface area contributed by atoms with Crippen LogP contribution in [0.3, 0.4) is 0 Å². The minimum Gasteiger partial charge on any atom is -0.241 e. The van der Waals surface area contributed by atoms with Gasteiger partial charge in [0, 0.05) is 12.1 Å². The normalized spacial score (nSPS) is 10.2. The van der Waals surface area contributed by atoms with Gasteiger partial charge in [-0.15, -0.1) is 0 Å². The fourth-order valence-electron chi connectivity index (χ4n) is 1.48. The van der Waals surface area contributed by atoms with E-state index in [0.29, 0.717) is 12.1 Å². The molecule has 0 fully saturated rings. The molecule has 2 aromatic carbocycles. The molecule has 0 N–H and O–H groups in total. The lowest BCUT2D eigenvalue weighted by atomic mass is 10.2. The summed E-state index contributed by atoms with van der Waals surface area (Å²) in [5.41, 5.74) is -1.37. The molecule has 0 saturated carbocycles. The molecule has 0 bridgehead atoms. The Morgan fingerprint density at radius 2 is 1.05 bits per heavy atom. The predicted molar refractivity (Wildman–Crippen MR) is 63.5 cm³/mol. The van der Waals surface area contributed by atoms with Crippen molar-refractivity contribution in [1.82, 2.24) is 0 Å². The summed E-state index contributed by atoms with van der Waals surface area (Å²) in [7, 11) is 0. The number of benzene rings is 2. The molecule has 0 heterocycles. The van der Waals surface area contributed by atoms with E-state index >= 15 is 0 Å². The minimum absolute atomic E-state index is 0.429. The molecule has 0 saturated heterocycles. The maximum atomic E-state index is 13.3. The van der Waals surface area contributed by atoms with Crippen LogP contribution in [0.5, 0.6) is 0 Å². The molecule has 0 unspecified atom stereocenters. The number of carbonyl (C=O) groups is 2. The highest BCUT2D eigenvalue weighted by Gasteiger charge is 2.20. The van der Waals surface area contributed by atoms with Gasteiger partial charge >= 0.3 is 11.9 Å². The zero-order chi connectivity index (χ0) is 16.3. The molecule has 0 atom stereocenters. The number of carbonyl (C=O) groups excluding carboxylic acids is 2. The average Bonchev–Trinajstić information content (AvgIpc) is 2.44. The van der Waals surface area contributed by atoms with Crippen molar-refractivity contribution in [2.24, 2.45) is 0 Å². The molecule has 114 valence electrons. The number of halogens is 4. The minimum atomic E-state index is -1.42. The van der Waals surface area contributed by atoms with Crippen LogP contribution in [0.1, 0.15) is 20.7 Å². The monoisotopic (exact) mass is 314 g/mol. The highest BCUT2D eigenvalue weighted by Crippen LogP contribution is 2.13. The SMILES string of the molecule is O=C(OOC(=O)c1ccc(F)cc1F)c1ccc(F)cc1F. The second-order valence-electron chi connectivity index (χ2n) is 3.99. The van der Waals surface area contributed by atoms with Crippen molar-refractivity contribution < 1.29 is 36.9 Å². The largest absolute Gasteiger partial charge is 0.389 e. The van der Waals surface area contributed by atoms with E-state index in [-0.39, 0.29) is 0 Å². The summed E-state index contributed by atoms with van der Waals surface area (Å²) >= 11 is 0. The van der Waals surface area contributed by atoms with E-state index in [0.717, 1.165) is 24.3 Å². The molecule has 0 aliphatic heterocycles. The molecular weight excluding hydrogens is 308 g/mol. The second kappa shape index (κ2) is 6.25. The van der Waals surface area contributed by atoms with Gasteiger partial charge in [-0.05, 0) is 24.3 Å². The maximum absolute atomic E-state index is 13.3. The van der Waals surface area contributed by atoms with E-state index in [2.05, 4.69) is 9.78 Å². The fourth-order valence-corrected chi connectivity index (χ4v) is 1.48. The van der Waals surface area contributed by atoms with Crippen LogP contribution >= 0.6 is 0 Å². The second-order valence-corrected chi connectivity index (χ2v) is 3.99. The van der Waals surface area contributed by atoms with Gasteiger partial charge in [0.05, 0.1) is 11.1 Å². The summed E-state index contributed by atoms with van der Waals surface area (Å²) in [6.07, 6.45) is 0. The highest BCUT2D eigenvalue weighted by molar-refractivity contribution is 5.92. The first-order valence-electron chi connectivity index (χ1n) is 5.72. The lowest BCUT2D eigenvalue weighted by Gasteiger charge is -2.05. The summed E-state index contributed by atoms with van der Waals surface area (Å²) in [5, 5.41) is 0. The number of hydrogen-bond donors (Lipinski definition) is 0. The topological polar surface area (TPSA) is 52.6 Å². The molecule has 0 amide bonds. The maximum Gasteiger partial charge on any atom is 0.389 e. The Morgan fingerprint density at radius 1 is 0.682 bits per heavy atom. The molecule has 2 aromatic rings. The van der Waals surface area contributed by atoms with E-state index in [1.807, 2.05) is 0 Å². The van der Waals surface area contributed by atoms with Crippen molar-refractivity contribution in [2.75, 3.05) is 0 Å². The lowest BCUT2D eigenvalue weighted by molar-refractivity contribution is -0.188. The smallest absolute Gasteiger partial charge is 0.241 e. The van der Waals surface area contributed by atoms with Crippen LogP contribution in [0, 0.1) is 23.3 Å².